The summed E-state index contributed by atoms with van der Waals surface area (Å²) in [6, 6.07) is 4.57. The number of alkyl halides is 4. The first-order chi connectivity index (χ1) is 9.81. The molecular formula is C15H20BrF3N2. The zero-order chi connectivity index (χ0) is 15.6. The smallest absolute Gasteiger partial charge is 0.374 e. The molecule has 2 rings (SSSR count). The summed E-state index contributed by atoms with van der Waals surface area (Å²) in [6.45, 7) is 2.62. The number of likely N-dealkylation sites (tertiary alicyclic amines) is 1. The summed E-state index contributed by atoms with van der Waals surface area (Å²) in [4.78, 5) is 3.96. The fourth-order valence-electron chi connectivity index (χ4n) is 2.89. The molecule has 1 aromatic rings. The summed E-state index contributed by atoms with van der Waals surface area (Å²) in [5.41, 5.74) is 0.357. The average Bonchev–Trinajstić information content (AvgIpc) is 2.82. The van der Waals surface area contributed by atoms with Crippen molar-refractivity contribution in [3.05, 3.63) is 29.3 Å². The van der Waals surface area contributed by atoms with E-state index in [0.717, 1.165) is 19.5 Å². The molecule has 118 valence electrons. The highest BCUT2D eigenvalue weighted by atomic mass is 79.9. The van der Waals surface area contributed by atoms with Gasteiger partial charge in [0.05, 0.1) is 5.56 Å². The van der Waals surface area contributed by atoms with Crippen molar-refractivity contribution in [2.24, 2.45) is 5.92 Å². The first kappa shape index (κ1) is 16.6. The van der Waals surface area contributed by atoms with Crippen LogP contribution in [0.15, 0.2) is 18.2 Å². The highest BCUT2D eigenvalue weighted by molar-refractivity contribution is 9.08. The SMILES string of the molecule is CN1CCC(CN(C)c2ccc(CBr)cc2C(F)(F)F)C1. The molecule has 1 atom stereocenters. The fraction of sp³-hybridized carbons (Fsp3) is 0.600. The predicted molar refractivity (Wildman–Crippen MR) is 82.9 cm³/mol. The summed E-state index contributed by atoms with van der Waals surface area (Å²) in [5, 5.41) is 0.424. The van der Waals surface area contributed by atoms with Crippen molar-refractivity contribution in [1.82, 2.24) is 4.90 Å². The van der Waals surface area contributed by atoms with Gasteiger partial charge in [0.1, 0.15) is 0 Å². The molecule has 0 aromatic heterocycles. The summed E-state index contributed by atoms with van der Waals surface area (Å²) in [6.07, 6.45) is -3.28. The van der Waals surface area contributed by atoms with Gasteiger partial charge in [0, 0.05) is 31.2 Å². The Morgan fingerprint density at radius 1 is 1.38 bits per heavy atom. The molecular weight excluding hydrogens is 345 g/mol. The molecule has 0 radical (unpaired) electrons. The van der Waals surface area contributed by atoms with Gasteiger partial charge in [-0.1, -0.05) is 22.0 Å². The first-order valence-electron chi connectivity index (χ1n) is 6.97. The highest BCUT2D eigenvalue weighted by Gasteiger charge is 2.35. The van der Waals surface area contributed by atoms with Crippen LogP contribution in [0.2, 0.25) is 0 Å². The van der Waals surface area contributed by atoms with Gasteiger partial charge in [0.15, 0.2) is 0 Å². The number of rotatable bonds is 4. The van der Waals surface area contributed by atoms with Crippen LogP contribution in [0.4, 0.5) is 18.9 Å². The fourth-order valence-corrected chi connectivity index (χ4v) is 3.24. The number of hydrogen-bond acceptors (Lipinski definition) is 2. The van der Waals surface area contributed by atoms with E-state index in [-0.39, 0.29) is 5.69 Å². The molecule has 1 heterocycles. The Morgan fingerprint density at radius 3 is 2.62 bits per heavy atom. The van der Waals surface area contributed by atoms with Crippen molar-refractivity contribution in [1.29, 1.82) is 0 Å². The monoisotopic (exact) mass is 364 g/mol. The largest absolute Gasteiger partial charge is 0.418 e. The Labute approximate surface area is 132 Å². The van der Waals surface area contributed by atoms with E-state index in [1.54, 1.807) is 24.1 Å². The van der Waals surface area contributed by atoms with Crippen molar-refractivity contribution >= 4 is 21.6 Å². The maximum absolute atomic E-state index is 13.3. The molecule has 1 aliphatic rings. The molecule has 0 spiro atoms. The Kier molecular flexibility index (Phi) is 5.20. The van der Waals surface area contributed by atoms with E-state index in [1.165, 1.54) is 6.07 Å². The van der Waals surface area contributed by atoms with Gasteiger partial charge in [-0.3, -0.25) is 0 Å². The van der Waals surface area contributed by atoms with Gasteiger partial charge in [0.2, 0.25) is 0 Å². The number of halogens is 4. The Morgan fingerprint density at radius 2 is 2.10 bits per heavy atom. The van der Waals surface area contributed by atoms with Crippen molar-refractivity contribution < 1.29 is 13.2 Å². The number of benzene rings is 1. The molecule has 0 aliphatic carbocycles. The normalized spacial score (nSPS) is 20.0. The number of hydrogen-bond donors (Lipinski definition) is 0. The van der Waals surface area contributed by atoms with Crippen molar-refractivity contribution in [2.75, 3.05) is 38.6 Å². The van der Waals surface area contributed by atoms with E-state index >= 15 is 0 Å². The molecule has 1 saturated heterocycles. The van der Waals surface area contributed by atoms with E-state index < -0.39 is 11.7 Å². The minimum Gasteiger partial charge on any atom is -0.374 e. The van der Waals surface area contributed by atoms with Crippen molar-refractivity contribution in [2.45, 2.75) is 17.9 Å². The third-order valence-electron chi connectivity index (χ3n) is 3.95. The van der Waals surface area contributed by atoms with Gasteiger partial charge in [-0.15, -0.1) is 0 Å². The maximum atomic E-state index is 13.3. The first-order valence-corrected chi connectivity index (χ1v) is 8.09. The Hall–Kier alpha value is -0.750. The van der Waals surface area contributed by atoms with Crippen molar-refractivity contribution in [3.63, 3.8) is 0 Å². The number of nitrogens with zero attached hydrogens (tertiary/aromatic N) is 2. The maximum Gasteiger partial charge on any atom is 0.418 e. The quantitative estimate of drug-likeness (QED) is 0.745. The summed E-state index contributed by atoms with van der Waals surface area (Å²) in [7, 11) is 3.79. The highest BCUT2D eigenvalue weighted by Crippen LogP contribution is 2.37. The Bertz CT molecular complexity index is 490. The lowest BCUT2D eigenvalue weighted by molar-refractivity contribution is -0.137. The van der Waals surface area contributed by atoms with Crippen LogP contribution in [-0.4, -0.2) is 38.6 Å². The van der Waals surface area contributed by atoms with Crippen LogP contribution >= 0.6 is 15.9 Å². The van der Waals surface area contributed by atoms with Crippen LogP contribution in [0, 0.1) is 5.92 Å². The summed E-state index contributed by atoms with van der Waals surface area (Å²) in [5.74, 6) is 0.428. The zero-order valence-corrected chi connectivity index (χ0v) is 13.8. The Balaban J connectivity index is 2.21. The standard InChI is InChI=1S/C15H20BrF3N2/c1-20-6-5-12(9-20)10-21(2)14-4-3-11(8-16)7-13(14)15(17,18)19/h3-4,7,12H,5-6,8-10H2,1-2H3. The van der Waals surface area contributed by atoms with Crippen LogP contribution < -0.4 is 4.90 Å². The molecule has 0 saturated carbocycles. The minimum atomic E-state index is -4.33. The van der Waals surface area contributed by atoms with Gasteiger partial charge in [-0.2, -0.15) is 13.2 Å². The minimum absolute atomic E-state index is 0.266. The lowest BCUT2D eigenvalue weighted by Gasteiger charge is -2.26. The van der Waals surface area contributed by atoms with Gasteiger partial charge < -0.3 is 9.80 Å². The number of anilines is 1. The van der Waals surface area contributed by atoms with E-state index in [2.05, 4.69) is 20.8 Å². The van der Waals surface area contributed by atoms with Gasteiger partial charge in [0.25, 0.3) is 0 Å². The lowest BCUT2D eigenvalue weighted by atomic mass is 10.1. The molecule has 1 unspecified atom stereocenters. The van der Waals surface area contributed by atoms with Crippen LogP contribution in [0.5, 0.6) is 0 Å². The van der Waals surface area contributed by atoms with E-state index in [9.17, 15) is 13.2 Å². The molecule has 0 bridgehead atoms. The van der Waals surface area contributed by atoms with E-state index in [1.807, 2.05) is 7.05 Å². The summed E-state index contributed by atoms with van der Waals surface area (Å²) < 4.78 is 39.8. The lowest BCUT2D eigenvalue weighted by Crippen LogP contribution is -2.29. The average molecular weight is 365 g/mol. The van der Waals surface area contributed by atoms with Gasteiger partial charge in [-0.05, 0) is 43.6 Å². The third kappa shape index (κ3) is 4.13. The van der Waals surface area contributed by atoms with Crippen LogP contribution in [-0.2, 0) is 11.5 Å². The molecule has 1 aliphatic heterocycles. The van der Waals surface area contributed by atoms with Crippen LogP contribution in [0.1, 0.15) is 17.5 Å². The van der Waals surface area contributed by atoms with E-state index in [4.69, 9.17) is 0 Å². The molecule has 1 fully saturated rings. The van der Waals surface area contributed by atoms with Gasteiger partial charge >= 0.3 is 6.18 Å². The molecule has 2 nitrogen and oxygen atoms in total. The van der Waals surface area contributed by atoms with Gasteiger partial charge in [-0.25, -0.2) is 0 Å². The molecule has 1 aromatic carbocycles. The van der Waals surface area contributed by atoms with Crippen LogP contribution in [0.3, 0.4) is 0 Å². The zero-order valence-electron chi connectivity index (χ0n) is 12.3. The second kappa shape index (κ2) is 6.57. The molecule has 21 heavy (non-hydrogen) atoms. The third-order valence-corrected chi connectivity index (χ3v) is 4.60. The van der Waals surface area contributed by atoms with E-state index in [0.29, 0.717) is 23.4 Å². The van der Waals surface area contributed by atoms with Crippen LogP contribution in [0.25, 0.3) is 0 Å². The topological polar surface area (TPSA) is 6.48 Å². The predicted octanol–water partition coefficient (Wildman–Crippen LogP) is 3.99. The molecule has 0 N–H and O–H groups in total. The summed E-state index contributed by atoms with van der Waals surface area (Å²) >= 11 is 3.21. The molecule has 0 amide bonds. The second-order valence-corrected chi connectivity index (χ2v) is 6.34. The van der Waals surface area contributed by atoms with Crippen molar-refractivity contribution in [3.8, 4) is 0 Å². The second-order valence-electron chi connectivity index (χ2n) is 5.78. The molecule has 6 heteroatoms.